The van der Waals surface area contributed by atoms with Crippen LogP contribution in [0.2, 0.25) is 5.02 Å². The molecule has 1 unspecified atom stereocenters. The molecule has 1 atom stereocenters. The van der Waals surface area contributed by atoms with Crippen molar-refractivity contribution >= 4 is 46.6 Å². The SMILES string of the molecule is COc1cc(OC)c(NC(=O)C(C)Sc2ccc(NC(=O)c3ccccc3F)cc2)cc1Cl. The number of anilines is 2. The number of ether oxygens (including phenoxy) is 2. The zero-order valence-corrected chi connectivity index (χ0v) is 19.7. The number of carbonyl (C=O) groups excluding carboxylic acids is 2. The molecule has 0 heterocycles. The fraction of sp³-hybridized carbons (Fsp3) is 0.167. The standard InChI is InChI=1S/C24H22ClFN2O4S/c1-14(23(29)28-20-12-18(25)21(31-2)13-22(20)32-3)33-16-10-8-15(9-11-16)27-24(30)17-6-4-5-7-19(17)26/h4-14H,1-3H3,(H,27,30)(H,28,29). The highest BCUT2D eigenvalue weighted by atomic mass is 35.5. The summed E-state index contributed by atoms with van der Waals surface area (Å²) in [6.07, 6.45) is 0. The van der Waals surface area contributed by atoms with E-state index in [0.717, 1.165) is 4.90 Å². The van der Waals surface area contributed by atoms with E-state index < -0.39 is 17.0 Å². The molecule has 2 N–H and O–H groups in total. The number of nitrogens with one attached hydrogen (secondary N) is 2. The summed E-state index contributed by atoms with van der Waals surface area (Å²) in [4.78, 5) is 25.8. The van der Waals surface area contributed by atoms with Crippen LogP contribution in [0.4, 0.5) is 15.8 Å². The van der Waals surface area contributed by atoms with E-state index in [1.165, 1.54) is 44.2 Å². The third-order valence-corrected chi connectivity index (χ3v) is 6.05. The van der Waals surface area contributed by atoms with Gasteiger partial charge in [0.2, 0.25) is 5.91 Å². The van der Waals surface area contributed by atoms with E-state index in [9.17, 15) is 14.0 Å². The lowest BCUT2D eigenvalue weighted by Gasteiger charge is -2.16. The fourth-order valence-corrected chi connectivity index (χ4v) is 4.02. The van der Waals surface area contributed by atoms with Gasteiger partial charge in [0, 0.05) is 16.6 Å². The number of carbonyl (C=O) groups is 2. The van der Waals surface area contributed by atoms with Crippen molar-refractivity contribution in [3.05, 3.63) is 77.1 Å². The van der Waals surface area contributed by atoms with Gasteiger partial charge in [-0.3, -0.25) is 9.59 Å². The molecule has 9 heteroatoms. The van der Waals surface area contributed by atoms with Crippen LogP contribution in [0.15, 0.2) is 65.6 Å². The summed E-state index contributed by atoms with van der Waals surface area (Å²) in [5.74, 6) is -0.491. The molecule has 0 saturated heterocycles. The molecule has 0 spiro atoms. The molecule has 0 bridgehead atoms. The maximum Gasteiger partial charge on any atom is 0.258 e. The van der Waals surface area contributed by atoms with Crippen molar-refractivity contribution in [3.63, 3.8) is 0 Å². The second kappa shape index (κ2) is 11.1. The van der Waals surface area contributed by atoms with Crippen LogP contribution >= 0.6 is 23.4 Å². The van der Waals surface area contributed by atoms with Gasteiger partial charge in [-0.1, -0.05) is 23.7 Å². The van der Waals surface area contributed by atoms with Crippen molar-refractivity contribution in [2.45, 2.75) is 17.1 Å². The molecule has 6 nitrogen and oxygen atoms in total. The van der Waals surface area contributed by atoms with Crippen LogP contribution < -0.4 is 20.1 Å². The minimum Gasteiger partial charge on any atom is -0.495 e. The highest BCUT2D eigenvalue weighted by Crippen LogP contribution is 2.36. The molecule has 3 aromatic carbocycles. The van der Waals surface area contributed by atoms with E-state index in [4.69, 9.17) is 21.1 Å². The molecule has 3 aromatic rings. The number of amides is 2. The Morgan fingerprint density at radius 3 is 2.27 bits per heavy atom. The van der Waals surface area contributed by atoms with E-state index >= 15 is 0 Å². The minimum atomic E-state index is -0.586. The van der Waals surface area contributed by atoms with Crippen molar-refractivity contribution in [2.24, 2.45) is 0 Å². The average molecular weight is 489 g/mol. The monoisotopic (exact) mass is 488 g/mol. The number of rotatable bonds is 8. The van der Waals surface area contributed by atoms with E-state index in [0.29, 0.717) is 27.9 Å². The predicted molar refractivity (Wildman–Crippen MR) is 129 cm³/mol. The van der Waals surface area contributed by atoms with Gasteiger partial charge in [0.05, 0.1) is 35.7 Å². The lowest BCUT2D eigenvalue weighted by molar-refractivity contribution is -0.115. The molecule has 0 aromatic heterocycles. The third-order valence-electron chi connectivity index (χ3n) is 4.64. The summed E-state index contributed by atoms with van der Waals surface area (Å²) in [7, 11) is 2.98. The number of benzene rings is 3. The molecule has 33 heavy (non-hydrogen) atoms. The first kappa shape index (κ1) is 24.4. The lowest BCUT2D eigenvalue weighted by atomic mass is 10.2. The molecule has 2 amide bonds. The summed E-state index contributed by atoms with van der Waals surface area (Å²) in [5, 5.41) is 5.39. The molecular formula is C24H22ClFN2O4S. The maximum atomic E-state index is 13.8. The smallest absolute Gasteiger partial charge is 0.258 e. The highest BCUT2D eigenvalue weighted by Gasteiger charge is 2.18. The Labute approximate surface area is 200 Å². The van der Waals surface area contributed by atoms with Crippen LogP contribution in [0.1, 0.15) is 17.3 Å². The van der Waals surface area contributed by atoms with Gasteiger partial charge in [-0.05, 0) is 49.4 Å². The van der Waals surface area contributed by atoms with E-state index in [2.05, 4.69) is 10.6 Å². The number of hydrogen-bond acceptors (Lipinski definition) is 5. The summed E-state index contributed by atoms with van der Waals surface area (Å²) in [6.45, 7) is 1.77. The van der Waals surface area contributed by atoms with Crippen LogP contribution in [0.25, 0.3) is 0 Å². The summed E-state index contributed by atoms with van der Waals surface area (Å²) < 4.78 is 24.2. The number of halogens is 2. The fourth-order valence-electron chi connectivity index (χ4n) is 2.91. The molecule has 0 radical (unpaired) electrons. The van der Waals surface area contributed by atoms with Crippen molar-refractivity contribution in [2.75, 3.05) is 24.9 Å². The number of methoxy groups -OCH3 is 2. The largest absolute Gasteiger partial charge is 0.495 e. The first-order valence-corrected chi connectivity index (χ1v) is 11.1. The zero-order chi connectivity index (χ0) is 24.0. The summed E-state index contributed by atoms with van der Waals surface area (Å²) in [6, 6.07) is 15.9. The van der Waals surface area contributed by atoms with E-state index in [1.54, 1.807) is 49.4 Å². The molecule has 0 saturated carbocycles. The number of hydrogen-bond donors (Lipinski definition) is 2. The molecule has 0 aliphatic heterocycles. The van der Waals surface area contributed by atoms with Gasteiger partial charge in [-0.25, -0.2) is 4.39 Å². The zero-order valence-electron chi connectivity index (χ0n) is 18.1. The minimum absolute atomic E-state index is 0.0321. The van der Waals surface area contributed by atoms with Gasteiger partial charge < -0.3 is 20.1 Å². The second-order valence-corrected chi connectivity index (χ2v) is 8.72. The van der Waals surface area contributed by atoms with Crippen LogP contribution in [-0.2, 0) is 4.79 Å². The van der Waals surface area contributed by atoms with Crippen molar-refractivity contribution in [3.8, 4) is 11.5 Å². The normalized spacial score (nSPS) is 11.4. The van der Waals surface area contributed by atoms with Crippen LogP contribution in [0.3, 0.4) is 0 Å². The van der Waals surface area contributed by atoms with Crippen molar-refractivity contribution < 1.29 is 23.5 Å². The predicted octanol–water partition coefficient (Wildman–Crippen LogP) is 5.87. The molecule has 3 rings (SSSR count). The van der Waals surface area contributed by atoms with Crippen LogP contribution in [0.5, 0.6) is 11.5 Å². The second-order valence-electron chi connectivity index (χ2n) is 6.89. The van der Waals surface area contributed by atoms with Gasteiger partial charge in [-0.15, -0.1) is 11.8 Å². The Hall–Kier alpha value is -3.23. The Bertz CT molecular complexity index is 1160. The third kappa shape index (κ3) is 6.18. The van der Waals surface area contributed by atoms with E-state index in [-0.39, 0.29) is 11.5 Å². The Balaban J connectivity index is 1.62. The lowest BCUT2D eigenvalue weighted by Crippen LogP contribution is -2.22. The Morgan fingerprint density at radius 1 is 0.970 bits per heavy atom. The quantitative estimate of drug-likeness (QED) is 0.388. The van der Waals surface area contributed by atoms with Crippen LogP contribution in [0, 0.1) is 5.82 Å². The first-order chi connectivity index (χ1) is 15.8. The molecular weight excluding hydrogens is 467 g/mol. The van der Waals surface area contributed by atoms with Gasteiger partial charge in [0.15, 0.2) is 0 Å². The van der Waals surface area contributed by atoms with Gasteiger partial charge >= 0.3 is 0 Å². The Morgan fingerprint density at radius 2 is 1.64 bits per heavy atom. The maximum absolute atomic E-state index is 13.8. The summed E-state index contributed by atoms with van der Waals surface area (Å²) >= 11 is 7.50. The molecule has 0 fully saturated rings. The van der Waals surface area contributed by atoms with Crippen molar-refractivity contribution in [1.29, 1.82) is 0 Å². The highest BCUT2D eigenvalue weighted by molar-refractivity contribution is 8.00. The van der Waals surface area contributed by atoms with Gasteiger partial charge in [-0.2, -0.15) is 0 Å². The van der Waals surface area contributed by atoms with Crippen LogP contribution in [-0.4, -0.2) is 31.3 Å². The number of thioether (sulfide) groups is 1. The molecule has 0 aliphatic rings. The van der Waals surface area contributed by atoms with Crippen molar-refractivity contribution in [1.82, 2.24) is 0 Å². The molecule has 0 aliphatic carbocycles. The average Bonchev–Trinajstić information content (AvgIpc) is 2.80. The Kier molecular flexibility index (Phi) is 8.19. The molecule has 172 valence electrons. The van der Waals surface area contributed by atoms with E-state index in [1.807, 2.05) is 0 Å². The summed E-state index contributed by atoms with van der Waals surface area (Å²) in [5.41, 5.74) is 0.921. The van der Waals surface area contributed by atoms with Gasteiger partial charge in [0.25, 0.3) is 5.91 Å². The van der Waals surface area contributed by atoms with Gasteiger partial charge in [0.1, 0.15) is 17.3 Å². The topological polar surface area (TPSA) is 76.7 Å². The first-order valence-electron chi connectivity index (χ1n) is 9.87.